The smallest absolute Gasteiger partial charge is 0.418 e. The molecule has 0 aliphatic carbocycles. The van der Waals surface area contributed by atoms with Crippen molar-refractivity contribution < 1.29 is 23.9 Å². The van der Waals surface area contributed by atoms with E-state index >= 15 is 0 Å². The van der Waals surface area contributed by atoms with E-state index in [9.17, 15) is 14.4 Å². The molecule has 7 nitrogen and oxygen atoms in total. The Bertz CT molecular complexity index is 1210. The summed E-state index contributed by atoms with van der Waals surface area (Å²) in [5.74, 6) is -0.169. The van der Waals surface area contributed by atoms with Crippen LogP contribution in [0.5, 0.6) is 5.75 Å². The van der Waals surface area contributed by atoms with Crippen molar-refractivity contribution in [2.45, 2.75) is 45.4 Å². The van der Waals surface area contributed by atoms with Gasteiger partial charge in [0.1, 0.15) is 22.3 Å². The van der Waals surface area contributed by atoms with Crippen molar-refractivity contribution in [2.75, 3.05) is 12.0 Å². The molecule has 0 fully saturated rings. The number of imide groups is 1. The molecule has 8 heteroatoms. The maximum atomic E-state index is 14.1. The monoisotopic (exact) mass is 492 g/mol. The van der Waals surface area contributed by atoms with Crippen LogP contribution in [0, 0.1) is 0 Å². The Morgan fingerprint density at radius 1 is 0.971 bits per heavy atom. The molecule has 35 heavy (non-hydrogen) atoms. The summed E-state index contributed by atoms with van der Waals surface area (Å²) in [6.45, 7) is 5.43. The molecule has 2 aromatic carbocycles. The lowest BCUT2D eigenvalue weighted by Gasteiger charge is -2.31. The number of fused-ring (bicyclic) bond motifs is 1. The zero-order valence-electron chi connectivity index (χ0n) is 20.2. The number of ether oxygens (including phenoxy) is 2. The number of hydrogen-bond acceptors (Lipinski definition) is 6. The molecule has 1 atom stereocenters. The lowest BCUT2D eigenvalue weighted by Crippen LogP contribution is -2.53. The Balaban J connectivity index is 1.78. The van der Waals surface area contributed by atoms with Crippen molar-refractivity contribution in [1.82, 2.24) is 4.90 Å². The fourth-order valence-corrected chi connectivity index (χ4v) is 4.78. The van der Waals surface area contributed by atoms with Crippen LogP contribution in [0.25, 0.3) is 0 Å². The summed E-state index contributed by atoms with van der Waals surface area (Å²) in [4.78, 5) is 44.0. The van der Waals surface area contributed by atoms with Gasteiger partial charge >= 0.3 is 6.09 Å². The topological polar surface area (TPSA) is 76.2 Å². The molecule has 2 heterocycles. The van der Waals surface area contributed by atoms with Gasteiger partial charge in [-0.3, -0.25) is 9.59 Å². The fourth-order valence-electron chi connectivity index (χ4n) is 3.95. The first-order chi connectivity index (χ1) is 16.7. The van der Waals surface area contributed by atoms with Crippen molar-refractivity contribution >= 4 is 34.9 Å². The molecule has 0 unspecified atom stereocenters. The number of benzene rings is 2. The minimum absolute atomic E-state index is 0.179. The number of carbonyl (C=O) groups excluding carboxylic acids is 3. The van der Waals surface area contributed by atoms with Crippen molar-refractivity contribution in [3.8, 4) is 5.75 Å². The molecule has 3 aromatic rings. The summed E-state index contributed by atoms with van der Waals surface area (Å²) < 4.78 is 10.8. The highest BCUT2D eigenvalue weighted by atomic mass is 32.1. The van der Waals surface area contributed by atoms with Gasteiger partial charge in [0.15, 0.2) is 0 Å². The average Bonchev–Trinajstić information content (AvgIpc) is 3.28. The molecule has 0 bridgehead atoms. The third-order valence-electron chi connectivity index (χ3n) is 5.57. The van der Waals surface area contributed by atoms with Crippen molar-refractivity contribution in [3.05, 3.63) is 82.0 Å². The van der Waals surface area contributed by atoms with Gasteiger partial charge < -0.3 is 14.4 Å². The average molecular weight is 493 g/mol. The Hall–Kier alpha value is -3.65. The number of methoxy groups -OCH3 is 1. The molecule has 0 N–H and O–H groups in total. The highest BCUT2D eigenvalue weighted by Crippen LogP contribution is 2.35. The standard InChI is InChI=1S/C27H28N2O5S/c1-27(2,3)34-26(32)29-22(16-18-8-6-5-7-9-18)24(30)28(21-14-15-35-23(21)25(29)31)17-19-10-12-20(33-4)13-11-19/h5-15,22H,16-17H2,1-4H3/t22-/m0/s1. The zero-order chi connectivity index (χ0) is 25.2. The Kier molecular flexibility index (Phi) is 6.93. The molecule has 0 radical (unpaired) electrons. The van der Waals surface area contributed by atoms with E-state index in [1.54, 1.807) is 44.2 Å². The normalized spacial score (nSPS) is 16.1. The van der Waals surface area contributed by atoms with Crippen LogP contribution in [0.1, 0.15) is 41.6 Å². The number of rotatable bonds is 5. The molecule has 1 aliphatic heterocycles. The Morgan fingerprint density at radius 2 is 1.66 bits per heavy atom. The lowest BCUT2D eigenvalue weighted by atomic mass is 10.0. The van der Waals surface area contributed by atoms with Gasteiger partial charge in [-0.1, -0.05) is 42.5 Å². The van der Waals surface area contributed by atoms with Gasteiger partial charge in [0.2, 0.25) is 0 Å². The molecular formula is C27H28N2O5S. The fraction of sp³-hybridized carbons (Fsp3) is 0.296. The first-order valence-corrected chi connectivity index (χ1v) is 12.2. The maximum Gasteiger partial charge on any atom is 0.418 e. The van der Waals surface area contributed by atoms with E-state index in [0.717, 1.165) is 16.0 Å². The van der Waals surface area contributed by atoms with Gasteiger partial charge in [-0.25, -0.2) is 9.69 Å². The van der Waals surface area contributed by atoms with Crippen molar-refractivity contribution in [1.29, 1.82) is 0 Å². The second kappa shape index (κ2) is 9.92. The summed E-state index contributed by atoms with van der Waals surface area (Å²) in [6, 6.07) is 17.4. The third kappa shape index (κ3) is 5.38. The first-order valence-electron chi connectivity index (χ1n) is 11.3. The summed E-state index contributed by atoms with van der Waals surface area (Å²) in [5, 5.41) is 1.75. The van der Waals surface area contributed by atoms with Gasteiger partial charge in [-0.2, -0.15) is 0 Å². The highest BCUT2D eigenvalue weighted by Gasteiger charge is 2.45. The van der Waals surface area contributed by atoms with E-state index in [1.807, 2.05) is 54.6 Å². The summed E-state index contributed by atoms with van der Waals surface area (Å²) in [6.07, 6.45) is -0.652. The minimum atomic E-state index is -1.06. The summed E-state index contributed by atoms with van der Waals surface area (Å²) >= 11 is 1.20. The van der Waals surface area contributed by atoms with Crippen molar-refractivity contribution in [2.24, 2.45) is 0 Å². The lowest BCUT2D eigenvalue weighted by molar-refractivity contribution is -0.123. The molecule has 0 spiro atoms. The van der Waals surface area contributed by atoms with Gasteiger partial charge in [-0.15, -0.1) is 11.3 Å². The summed E-state index contributed by atoms with van der Waals surface area (Å²) in [7, 11) is 1.59. The van der Waals surface area contributed by atoms with Gasteiger partial charge in [0.05, 0.1) is 19.3 Å². The SMILES string of the molecule is COc1ccc(CN2C(=O)[C@H](Cc3ccccc3)N(C(=O)OC(C)(C)C)C(=O)c3sccc32)cc1. The number of anilines is 1. The quantitative estimate of drug-likeness (QED) is 0.484. The van der Waals surface area contributed by atoms with Gasteiger partial charge in [-0.05, 0) is 55.5 Å². The van der Waals surface area contributed by atoms with E-state index in [4.69, 9.17) is 9.47 Å². The molecule has 1 aromatic heterocycles. The van der Waals surface area contributed by atoms with Gasteiger partial charge in [0, 0.05) is 6.42 Å². The second-order valence-corrected chi connectivity index (χ2v) is 10.2. The summed E-state index contributed by atoms with van der Waals surface area (Å²) in [5.41, 5.74) is 1.37. The van der Waals surface area contributed by atoms with Crippen LogP contribution in [0.15, 0.2) is 66.0 Å². The first kappa shape index (κ1) is 24.5. The number of thiophene rings is 1. The van der Waals surface area contributed by atoms with Crippen LogP contribution in [-0.4, -0.2) is 41.6 Å². The number of hydrogen-bond donors (Lipinski definition) is 0. The largest absolute Gasteiger partial charge is 0.497 e. The van der Waals surface area contributed by atoms with Crippen LogP contribution in [0.4, 0.5) is 10.5 Å². The predicted molar refractivity (Wildman–Crippen MR) is 135 cm³/mol. The molecule has 0 saturated heterocycles. The molecule has 0 saturated carbocycles. The molecule has 3 amide bonds. The molecule has 1 aliphatic rings. The number of nitrogens with zero attached hydrogens (tertiary/aromatic N) is 2. The predicted octanol–water partition coefficient (Wildman–Crippen LogP) is 5.29. The van der Waals surface area contributed by atoms with Crippen LogP contribution < -0.4 is 9.64 Å². The number of carbonyl (C=O) groups is 3. The van der Waals surface area contributed by atoms with Crippen LogP contribution in [-0.2, 0) is 22.5 Å². The van der Waals surface area contributed by atoms with E-state index in [-0.39, 0.29) is 18.9 Å². The van der Waals surface area contributed by atoms with E-state index < -0.39 is 23.6 Å². The van der Waals surface area contributed by atoms with Crippen LogP contribution in [0.3, 0.4) is 0 Å². The third-order valence-corrected chi connectivity index (χ3v) is 6.46. The van der Waals surface area contributed by atoms with E-state index in [2.05, 4.69) is 0 Å². The second-order valence-electron chi connectivity index (χ2n) is 9.27. The van der Waals surface area contributed by atoms with Crippen molar-refractivity contribution in [3.63, 3.8) is 0 Å². The molecule has 4 rings (SSSR count). The van der Waals surface area contributed by atoms with E-state index in [0.29, 0.717) is 16.3 Å². The molecule has 182 valence electrons. The van der Waals surface area contributed by atoms with Crippen LogP contribution >= 0.6 is 11.3 Å². The maximum absolute atomic E-state index is 14.1. The zero-order valence-corrected chi connectivity index (χ0v) is 21.0. The van der Waals surface area contributed by atoms with E-state index in [1.165, 1.54) is 11.3 Å². The van der Waals surface area contributed by atoms with Crippen LogP contribution in [0.2, 0.25) is 0 Å². The molecular weight excluding hydrogens is 464 g/mol. The number of amides is 3. The minimum Gasteiger partial charge on any atom is -0.497 e. The van der Waals surface area contributed by atoms with Gasteiger partial charge in [0.25, 0.3) is 11.8 Å². The highest BCUT2D eigenvalue weighted by molar-refractivity contribution is 7.12. The Morgan fingerprint density at radius 3 is 2.29 bits per heavy atom. The Labute approximate surface area is 208 Å².